The number of halogens is 2. The van der Waals surface area contributed by atoms with E-state index < -0.39 is 12.0 Å². The third kappa shape index (κ3) is 3.58. The van der Waals surface area contributed by atoms with Crippen LogP contribution in [-0.4, -0.2) is 49.7 Å². The van der Waals surface area contributed by atoms with Gasteiger partial charge in [-0.25, -0.2) is 8.78 Å². The first-order valence-electron chi connectivity index (χ1n) is 9.40. The van der Waals surface area contributed by atoms with Crippen molar-refractivity contribution in [3.63, 3.8) is 0 Å². The van der Waals surface area contributed by atoms with Gasteiger partial charge in [-0.15, -0.1) is 0 Å². The molecule has 1 fully saturated rings. The fourth-order valence-corrected chi connectivity index (χ4v) is 3.89. The van der Waals surface area contributed by atoms with Gasteiger partial charge in [0.2, 0.25) is 0 Å². The Bertz CT molecular complexity index is 906. The fourth-order valence-electron chi connectivity index (χ4n) is 3.89. The summed E-state index contributed by atoms with van der Waals surface area (Å²) in [5.41, 5.74) is 0.794. The van der Waals surface area contributed by atoms with E-state index in [0.29, 0.717) is 24.6 Å². The number of nitrogens with one attached hydrogen (secondary N) is 1. The molecule has 2 aromatic rings. The minimum atomic E-state index is -2.85. The molecule has 2 aliphatic heterocycles. The van der Waals surface area contributed by atoms with E-state index in [0.717, 1.165) is 16.7 Å². The number of ether oxygens (including phenoxy) is 2. The number of hydrogen-bond acceptors (Lipinski definition) is 5. The zero-order valence-electron chi connectivity index (χ0n) is 16.0. The van der Waals surface area contributed by atoms with Crippen LogP contribution < -0.4 is 10.1 Å². The highest BCUT2D eigenvalue weighted by atomic mass is 19.3. The van der Waals surface area contributed by atoms with Gasteiger partial charge < -0.3 is 24.1 Å². The Kier molecular flexibility index (Phi) is 5.02. The van der Waals surface area contributed by atoms with Crippen LogP contribution >= 0.6 is 0 Å². The van der Waals surface area contributed by atoms with Crippen molar-refractivity contribution in [1.29, 1.82) is 0 Å². The molecule has 1 N–H and O–H groups in total. The molecule has 1 saturated heterocycles. The van der Waals surface area contributed by atoms with Gasteiger partial charge >= 0.3 is 0 Å². The van der Waals surface area contributed by atoms with Gasteiger partial charge in [-0.05, 0) is 50.2 Å². The molecular weight excluding hydrogens is 366 g/mol. The van der Waals surface area contributed by atoms with Gasteiger partial charge in [0.25, 0.3) is 5.92 Å². The van der Waals surface area contributed by atoms with E-state index in [1.54, 1.807) is 11.0 Å². The molecule has 1 aromatic carbocycles. The SMILES string of the molecule is COC1=CC=CC(COc2ccc3oc(C)cc3c2)N1C1CCNCC1(F)F. The molecule has 2 aliphatic rings. The van der Waals surface area contributed by atoms with E-state index in [1.807, 2.05) is 43.3 Å². The van der Waals surface area contributed by atoms with E-state index in [4.69, 9.17) is 13.9 Å². The standard InChI is InChI=1S/C21H24F2N2O3/c1-14-10-15-11-17(6-7-18(15)28-14)27-12-16-4-3-5-20(26-2)25(16)19-8-9-24-13-21(19,22)23/h3-7,10-11,16,19,24H,8-9,12-13H2,1-2H3. The predicted molar refractivity (Wildman–Crippen MR) is 103 cm³/mol. The summed E-state index contributed by atoms with van der Waals surface area (Å²) in [5, 5.41) is 3.73. The molecule has 4 rings (SSSR count). The summed E-state index contributed by atoms with van der Waals surface area (Å²) < 4.78 is 46.2. The lowest BCUT2D eigenvalue weighted by molar-refractivity contribution is -0.108. The Balaban J connectivity index is 1.54. The lowest BCUT2D eigenvalue weighted by Gasteiger charge is -2.45. The minimum absolute atomic E-state index is 0.236. The molecule has 0 aliphatic carbocycles. The summed E-state index contributed by atoms with van der Waals surface area (Å²) >= 11 is 0. The smallest absolute Gasteiger partial charge is 0.280 e. The molecule has 0 amide bonds. The van der Waals surface area contributed by atoms with E-state index in [1.165, 1.54) is 7.11 Å². The first-order chi connectivity index (χ1) is 13.5. The van der Waals surface area contributed by atoms with Gasteiger partial charge in [-0.2, -0.15) is 0 Å². The summed E-state index contributed by atoms with van der Waals surface area (Å²) in [6.07, 6.45) is 5.75. The molecule has 0 saturated carbocycles. The van der Waals surface area contributed by atoms with Crippen LogP contribution in [0.5, 0.6) is 5.75 Å². The molecule has 2 atom stereocenters. The number of piperidine rings is 1. The van der Waals surface area contributed by atoms with Crippen LogP contribution in [0, 0.1) is 6.92 Å². The van der Waals surface area contributed by atoms with Crippen molar-refractivity contribution in [2.45, 2.75) is 31.4 Å². The molecule has 0 radical (unpaired) electrons. The Morgan fingerprint density at radius 1 is 1.32 bits per heavy atom. The molecule has 3 heterocycles. The lowest BCUT2D eigenvalue weighted by atomic mass is 9.97. The number of alkyl halides is 2. The van der Waals surface area contributed by atoms with Gasteiger partial charge in [0.1, 0.15) is 23.7 Å². The van der Waals surface area contributed by atoms with Crippen LogP contribution in [0.3, 0.4) is 0 Å². The summed E-state index contributed by atoms with van der Waals surface area (Å²) in [5.74, 6) is -0.917. The van der Waals surface area contributed by atoms with Crippen LogP contribution in [0.1, 0.15) is 12.2 Å². The highest BCUT2D eigenvalue weighted by molar-refractivity contribution is 5.79. The van der Waals surface area contributed by atoms with Crippen molar-refractivity contribution < 1.29 is 22.7 Å². The van der Waals surface area contributed by atoms with Crippen LogP contribution in [0.2, 0.25) is 0 Å². The predicted octanol–water partition coefficient (Wildman–Crippen LogP) is 3.85. The number of hydrogen-bond donors (Lipinski definition) is 1. The summed E-state index contributed by atoms with van der Waals surface area (Å²) in [4.78, 5) is 1.65. The van der Waals surface area contributed by atoms with E-state index in [2.05, 4.69) is 5.32 Å². The Morgan fingerprint density at radius 3 is 2.96 bits per heavy atom. The van der Waals surface area contributed by atoms with Crippen LogP contribution in [0.15, 0.2) is 52.8 Å². The fraction of sp³-hybridized carbons (Fsp3) is 0.429. The topological polar surface area (TPSA) is 46.9 Å². The second-order valence-corrected chi connectivity index (χ2v) is 7.18. The molecule has 5 nitrogen and oxygen atoms in total. The molecule has 7 heteroatoms. The molecule has 1 aromatic heterocycles. The number of fused-ring (bicyclic) bond motifs is 1. The third-order valence-electron chi connectivity index (χ3n) is 5.20. The van der Waals surface area contributed by atoms with Gasteiger partial charge in [0.15, 0.2) is 5.88 Å². The van der Waals surface area contributed by atoms with Crippen molar-refractivity contribution in [2.24, 2.45) is 0 Å². The summed E-state index contributed by atoms with van der Waals surface area (Å²) in [6.45, 7) is 2.34. The molecular formula is C21H24F2N2O3. The minimum Gasteiger partial charge on any atom is -0.491 e. The number of nitrogens with zero attached hydrogens (tertiary/aromatic N) is 1. The Morgan fingerprint density at radius 2 is 2.18 bits per heavy atom. The van der Waals surface area contributed by atoms with Gasteiger partial charge in [-0.1, -0.05) is 12.2 Å². The van der Waals surface area contributed by atoms with Crippen molar-refractivity contribution in [2.75, 3.05) is 26.8 Å². The summed E-state index contributed by atoms with van der Waals surface area (Å²) in [7, 11) is 1.50. The highest BCUT2D eigenvalue weighted by Crippen LogP contribution is 2.34. The number of benzene rings is 1. The first-order valence-corrected chi connectivity index (χ1v) is 9.40. The largest absolute Gasteiger partial charge is 0.491 e. The quantitative estimate of drug-likeness (QED) is 0.841. The maximum atomic E-state index is 14.6. The molecule has 2 unspecified atom stereocenters. The van der Waals surface area contributed by atoms with Gasteiger partial charge in [0.05, 0.1) is 25.7 Å². The number of allylic oxidation sites excluding steroid dienone is 2. The average Bonchev–Trinajstić information content (AvgIpc) is 3.05. The molecule has 150 valence electrons. The monoisotopic (exact) mass is 390 g/mol. The zero-order valence-corrected chi connectivity index (χ0v) is 16.0. The summed E-state index contributed by atoms with van der Waals surface area (Å²) in [6, 6.07) is 6.22. The maximum Gasteiger partial charge on any atom is 0.280 e. The number of rotatable bonds is 5. The third-order valence-corrected chi connectivity index (χ3v) is 5.20. The van der Waals surface area contributed by atoms with Crippen LogP contribution in [-0.2, 0) is 4.74 Å². The maximum absolute atomic E-state index is 14.6. The van der Waals surface area contributed by atoms with Crippen LogP contribution in [0.25, 0.3) is 11.0 Å². The number of methoxy groups -OCH3 is 1. The normalized spacial score (nSPS) is 24.3. The van der Waals surface area contributed by atoms with Crippen molar-refractivity contribution in [3.8, 4) is 5.75 Å². The molecule has 0 spiro atoms. The molecule has 0 bridgehead atoms. The van der Waals surface area contributed by atoms with E-state index in [9.17, 15) is 8.78 Å². The first kappa shape index (κ1) is 18.8. The van der Waals surface area contributed by atoms with Gasteiger partial charge in [0, 0.05) is 5.39 Å². The Labute approximate surface area is 162 Å². The van der Waals surface area contributed by atoms with Crippen molar-refractivity contribution in [3.05, 3.63) is 54.1 Å². The second-order valence-electron chi connectivity index (χ2n) is 7.18. The number of furan rings is 1. The van der Waals surface area contributed by atoms with E-state index >= 15 is 0 Å². The van der Waals surface area contributed by atoms with E-state index in [-0.39, 0.29) is 19.2 Å². The van der Waals surface area contributed by atoms with Crippen molar-refractivity contribution >= 4 is 11.0 Å². The molecule has 28 heavy (non-hydrogen) atoms. The number of aryl methyl sites for hydroxylation is 1. The van der Waals surface area contributed by atoms with Crippen LogP contribution in [0.4, 0.5) is 8.78 Å². The highest BCUT2D eigenvalue weighted by Gasteiger charge is 2.48. The second kappa shape index (κ2) is 7.47. The van der Waals surface area contributed by atoms with Crippen molar-refractivity contribution in [1.82, 2.24) is 10.2 Å². The average molecular weight is 390 g/mol. The zero-order chi connectivity index (χ0) is 19.7. The lowest BCUT2D eigenvalue weighted by Crippen LogP contribution is -2.60. The van der Waals surface area contributed by atoms with Gasteiger partial charge in [-0.3, -0.25) is 0 Å². The Hall–Kier alpha value is -2.54.